The smallest absolute Gasteiger partial charge is 0.316 e. The summed E-state index contributed by atoms with van der Waals surface area (Å²) in [5, 5.41) is 5.29. The van der Waals surface area contributed by atoms with Crippen LogP contribution in [0.2, 0.25) is 0 Å². The summed E-state index contributed by atoms with van der Waals surface area (Å²) in [5.41, 5.74) is 3.43. The zero-order chi connectivity index (χ0) is 23.7. The fraction of sp³-hybridized carbons (Fsp3) is 0.214. The Kier molecular flexibility index (Phi) is 6.16. The molecule has 1 aromatic heterocycles. The average Bonchev–Trinajstić information content (AvgIpc) is 3.38. The van der Waals surface area contributed by atoms with Gasteiger partial charge in [0.15, 0.2) is 5.78 Å². The van der Waals surface area contributed by atoms with Crippen molar-refractivity contribution in [3.63, 3.8) is 0 Å². The molecule has 2 aromatic carbocycles. The Hall–Kier alpha value is -3.51. The maximum Gasteiger partial charge on any atom is 0.316 e. The van der Waals surface area contributed by atoms with Crippen LogP contribution in [0.25, 0.3) is 0 Å². The second-order valence-corrected chi connectivity index (χ2v) is 9.67. The number of halogens is 1. The van der Waals surface area contributed by atoms with Crippen LogP contribution in [-0.2, 0) is 20.9 Å². The molecule has 3 unspecified atom stereocenters. The first-order valence-electron chi connectivity index (χ1n) is 11.2. The molecule has 34 heavy (non-hydrogen) atoms. The molecule has 0 radical (unpaired) electrons. The van der Waals surface area contributed by atoms with E-state index < -0.39 is 17.8 Å². The lowest BCUT2D eigenvalue weighted by molar-refractivity contribution is -0.149. The van der Waals surface area contributed by atoms with Crippen LogP contribution in [0.15, 0.2) is 95.7 Å². The van der Waals surface area contributed by atoms with Crippen molar-refractivity contribution >= 4 is 23.1 Å². The first-order chi connectivity index (χ1) is 16.5. The van der Waals surface area contributed by atoms with E-state index >= 15 is 0 Å². The Morgan fingerprint density at radius 1 is 1.06 bits per heavy atom. The van der Waals surface area contributed by atoms with Gasteiger partial charge in [-0.3, -0.25) is 9.59 Å². The lowest BCUT2D eigenvalue weighted by atomic mass is 9.69. The maximum absolute atomic E-state index is 13.7. The summed E-state index contributed by atoms with van der Waals surface area (Å²) in [5.74, 6) is -2.13. The predicted octanol–water partition coefficient (Wildman–Crippen LogP) is 5.85. The quantitative estimate of drug-likeness (QED) is 0.473. The van der Waals surface area contributed by atoms with E-state index in [9.17, 15) is 14.0 Å². The summed E-state index contributed by atoms with van der Waals surface area (Å²) in [6.07, 6.45) is 1.03. The molecular weight excluding hydrogens is 449 g/mol. The van der Waals surface area contributed by atoms with E-state index in [4.69, 9.17) is 4.74 Å². The molecular formula is C28H24FNO3S. The highest BCUT2D eigenvalue weighted by Gasteiger charge is 2.45. The van der Waals surface area contributed by atoms with E-state index in [0.717, 1.165) is 16.1 Å². The minimum atomic E-state index is -0.796. The van der Waals surface area contributed by atoms with E-state index in [1.165, 1.54) is 12.1 Å². The van der Waals surface area contributed by atoms with Crippen molar-refractivity contribution in [2.75, 3.05) is 0 Å². The Labute approximate surface area is 201 Å². The van der Waals surface area contributed by atoms with Crippen LogP contribution < -0.4 is 5.32 Å². The number of benzene rings is 2. The molecule has 1 N–H and O–H groups in total. The number of hydrogen-bond acceptors (Lipinski definition) is 5. The Morgan fingerprint density at radius 2 is 1.82 bits per heavy atom. The topological polar surface area (TPSA) is 55.4 Å². The molecule has 172 valence electrons. The van der Waals surface area contributed by atoms with Gasteiger partial charge in [-0.25, -0.2) is 4.39 Å². The number of carbonyl (C=O) groups is 2. The minimum Gasteiger partial charge on any atom is -0.460 e. The zero-order valence-corrected chi connectivity index (χ0v) is 19.3. The third-order valence-electron chi connectivity index (χ3n) is 6.49. The standard InChI is InChI=1S/C28H24FNO3S/c1-17-25(28(32)33-16-18-6-3-2-4-7-18)26(19-9-11-21(29)12-10-19)27-22(30-17)14-20(15-23(27)31)24-8-5-13-34-24/h2-13,20,25-26,30H,1,14-16H2. The molecule has 2 heterocycles. The Bertz CT molecular complexity index is 1250. The number of thiophene rings is 1. The highest BCUT2D eigenvalue weighted by molar-refractivity contribution is 7.10. The molecule has 0 saturated heterocycles. The highest BCUT2D eigenvalue weighted by atomic mass is 32.1. The van der Waals surface area contributed by atoms with Crippen LogP contribution in [-0.4, -0.2) is 11.8 Å². The van der Waals surface area contributed by atoms with Crippen LogP contribution in [0, 0.1) is 11.7 Å². The van der Waals surface area contributed by atoms with Crippen molar-refractivity contribution < 1.29 is 18.7 Å². The summed E-state index contributed by atoms with van der Waals surface area (Å²) < 4.78 is 19.4. The fourth-order valence-corrected chi connectivity index (χ4v) is 5.73. The predicted molar refractivity (Wildman–Crippen MR) is 129 cm³/mol. The van der Waals surface area contributed by atoms with Gasteiger partial charge in [0.2, 0.25) is 0 Å². The Morgan fingerprint density at radius 3 is 2.53 bits per heavy atom. The van der Waals surface area contributed by atoms with Crippen LogP contribution in [0.5, 0.6) is 0 Å². The average molecular weight is 474 g/mol. The summed E-state index contributed by atoms with van der Waals surface area (Å²) in [6.45, 7) is 4.26. The number of nitrogens with one attached hydrogen (secondary N) is 1. The molecule has 3 aromatic rings. The molecule has 5 rings (SSSR count). The van der Waals surface area contributed by atoms with Crippen molar-refractivity contribution in [3.05, 3.63) is 117 Å². The van der Waals surface area contributed by atoms with Gasteiger partial charge in [0.25, 0.3) is 0 Å². The summed E-state index contributed by atoms with van der Waals surface area (Å²) in [6, 6.07) is 19.5. The normalized spacial score (nSPS) is 22.2. The molecule has 1 aliphatic heterocycles. The van der Waals surface area contributed by atoms with E-state index in [1.54, 1.807) is 23.5 Å². The van der Waals surface area contributed by atoms with Crippen LogP contribution in [0.1, 0.15) is 40.7 Å². The van der Waals surface area contributed by atoms with E-state index in [2.05, 4.69) is 11.9 Å². The van der Waals surface area contributed by atoms with Crippen molar-refractivity contribution in [1.29, 1.82) is 0 Å². The second-order valence-electron chi connectivity index (χ2n) is 8.69. The fourth-order valence-electron chi connectivity index (χ4n) is 4.90. The number of rotatable bonds is 5. The van der Waals surface area contributed by atoms with Gasteiger partial charge in [-0.1, -0.05) is 55.1 Å². The molecule has 0 fully saturated rings. The molecule has 2 aliphatic rings. The van der Waals surface area contributed by atoms with Crippen LogP contribution in [0.4, 0.5) is 4.39 Å². The number of esters is 1. The van der Waals surface area contributed by atoms with Gasteiger partial charge in [-0.2, -0.15) is 0 Å². The molecule has 3 atom stereocenters. The molecule has 0 saturated carbocycles. The van der Waals surface area contributed by atoms with Crippen molar-refractivity contribution in [2.24, 2.45) is 5.92 Å². The van der Waals surface area contributed by atoms with Crippen molar-refractivity contribution in [1.82, 2.24) is 5.32 Å². The van der Waals surface area contributed by atoms with Gasteiger partial charge in [0, 0.05) is 40.1 Å². The van der Waals surface area contributed by atoms with E-state index in [-0.39, 0.29) is 24.1 Å². The van der Waals surface area contributed by atoms with Crippen molar-refractivity contribution in [3.8, 4) is 0 Å². The lowest BCUT2D eigenvalue weighted by Crippen LogP contribution is -2.42. The van der Waals surface area contributed by atoms with Crippen molar-refractivity contribution in [2.45, 2.75) is 31.3 Å². The first kappa shape index (κ1) is 22.3. The first-order valence-corrected chi connectivity index (χ1v) is 12.1. The van der Waals surface area contributed by atoms with Gasteiger partial charge < -0.3 is 10.1 Å². The molecule has 0 amide bonds. The zero-order valence-electron chi connectivity index (χ0n) is 18.5. The lowest BCUT2D eigenvalue weighted by Gasteiger charge is -2.39. The van der Waals surface area contributed by atoms with Gasteiger partial charge in [0.05, 0.1) is 0 Å². The largest absolute Gasteiger partial charge is 0.460 e. The van der Waals surface area contributed by atoms with Crippen LogP contribution >= 0.6 is 11.3 Å². The summed E-state index contributed by atoms with van der Waals surface area (Å²) in [7, 11) is 0. The number of hydrogen-bond donors (Lipinski definition) is 1. The van der Waals surface area contributed by atoms with Crippen LogP contribution in [0.3, 0.4) is 0 Å². The molecule has 0 bridgehead atoms. The number of carbonyl (C=O) groups excluding carboxylic acids is 2. The third-order valence-corrected chi connectivity index (χ3v) is 7.53. The molecule has 4 nitrogen and oxygen atoms in total. The van der Waals surface area contributed by atoms with Gasteiger partial charge in [-0.05, 0) is 41.1 Å². The highest BCUT2D eigenvalue weighted by Crippen LogP contribution is 2.47. The number of ether oxygens (including phenoxy) is 1. The maximum atomic E-state index is 13.7. The van der Waals surface area contributed by atoms with Gasteiger partial charge in [0.1, 0.15) is 18.3 Å². The third kappa shape index (κ3) is 4.33. The summed E-state index contributed by atoms with van der Waals surface area (Å²) in [4.78, 5) is 28.0. The minimum absolute atomic E-state index is 0.00478. The molecule has 0 spiro atoms. The SMILES string of the molecule is C=C1NC2=C(C(=O)CC(c3cccs3)C2)C(c2ccc(F)cc2)C1C(=O)OCc1ccccc1. The second kappa shape index (κ2) is 9.39. The number of Topliss-reactive ketones (excluding diaryl/α,β-unsaturated/α-hetero) is 1. The van der Waals surface area contributed by atoms with Gasteiger partial charge in [-0.15, -0.1) is 11.3 Å². The van der Waals surface area contributed by atoms with E-state index in [0.29, 0.717) is 29.7 Å². The number of allylic oxidation sites excluding steroid dienone is 2. The van der Waals surface area contributed by atoms with Gasteiger partial charge >= 0.3 is 5.97 Å². The molecule has 6 heteroatoms. The molecule has 1 aliphatic carbocycles. The summed E-state index contributed by atoms with van der Waals surface area (Å²) >= 11 is 1.64. The number of ketones is 1. The monoisotopic (exact) mass is 473 g/mol. The van der Waals surface area contributed by atoms with E-state index in [1.807, 2.05) is 47.8 Å². The Balaban J connectivity index is 1.50.